The number of hydrogen-bond acceptors (Lipinski definition) is 3. The van der Waals surface area contributed by atoms with Crippen LogP contribution in [0.5, 0.6) is 0 Å². The number of amides is 2. The van der Waals surface area contributed by atoms with E-state index in [4.69, 9.17) is 4.74 Å². The van der Waals surface area contributed by atoms with Crippen LogP contribution in [0, 0.1) is 5.92 Å². The van der Waals surface area contributed by atoms with Crippen molar-refractivity contribution in [3.8, 4) is 0 Å². The van der Waals surface area contributed by atoms with Crippen LogP contribution in [0.2, 0.25) is 0 Å². The maximum Gasteiger partial charge on any atom is 0.245 e. The fourth-order valence-corrected chi connectivity index (χ4v) is 2.99. The van der Waals surface area contributed by atoms with E-state index in [0.29, 0.717) is 25.3 Å². The summed E-state index contributed by atoms with van der Waals surface area (Å²) in [6, 6.07) is -0.157. The van der Waals surface area contributed by atoms with E-state index in [-0.39, 0.29) is 23.9 Å². The lowest BCUT2D eigenvalue weighted by molar-refractivity contribution is -0.137. The average molecular weight is 268 g/mol. The van der Waals surface area contributed by atoms with Crippen molar-refractivity contribution in [2.24, 2.45) is 5.92 Å². The lowest BCUT2D eigenvalue weighted by Gasteiger charge is -2.36. The van der Waals surface area contributed by atoms with Gasteiger partial charge in [0.15, 0.2) is 0 Å². The number of rotatable bonds is 3. The molecule has 2 saturated heterocycles. The van der Waals surface area contributed by atoms with E-state index in [0.717, 1.165) is 26.1 Å². The first-order valence-electron chi connectivity index (χ1n) is 7.31. The highest BCUT2D eigenvalue weighted by Crippen LogP contribution is 2.24. The van der Waals surface area contributed by atoms with Crippen molar-refractivity contribution in [2.45, 2.75) is 51.6 Å². The maximum absolute atomic E-state index is 12.5. The largest absolute Gasteiger partial charge is 0.381 e. The minimum absolute atomic E-state index is 0.0122. The quantitative estimate of drug-likeness (QED) is 0.828. The SMILES string of the molecule is CCC1NC(=O)CCN(C(C)C2CCOCC2)C1=O. The Labute approximate surface area is 114 Å². The zero-order valence-electron chi connectivity index (χ0n) is 11.9. The molecule has 5 heteroatoms. The van der Waals surface area contributed by atoms with Gasteiger partial charge in [-0.1, -0.05) is 6.92 Å². The standard InChI is InChI=1S/C14H24N2O3/c1-3-12-14(18)16(7-4-13(17)15-12)10(2)11-5-8-19-9-6-11/h10-12H,3-9H2,1-2H3,(H,15,17). The van der Waals surface area contributed by atoms with Gasteiger partial charge in [-0.15, -0.1) is 0 Å². The first-order chi connectivity index (χ1) is 9.13. The Morgan fingerprint density at radius 1 is 1.37 bits per heavy atom. The highest BCUT2D eigenvalue weighted by Gasteiger charge is 2.34. The van der Waals surface area contributed by atoms with Gasteiger partial charge < -0.3 is 15.0 Å². The van der Waals surface area contributed by atoms with Crippen LogP contribution in [-0.2, 0) is 14.3 Å². The Balaban J connectivity index is 2.07. The second-order valence-electron chi connectivity index (χ2n) is 5.50. The van der Waals surface area contributed by atoms with Crippen LogP contribution in [0.15, 0.2) is 0 Å². The normalized spacial score (nSPS) is 27.9. The lowest BCUT2D eigenvalue weighted by Crippen LogP contribution is -2.50. The van der Waals surface area contributed by atoms with E-state index >= 15 is 0 Å². The topological polar surface area (TPSA) is 58.6 Å². The summed E-state index contributed by atoms with van der Waals surface area (Å²) in [7, 11) is 0. The molecule has 0 bridgehead atoms. The Hall–Kier alpha value is -1.10. The first kappa shape index (κ1) is 14.3. The molecule has 0 aromatic carbocycles. The van der Waals surface area contributed by atoms with E-state index in [1.54, 1.807) is 0 Å². The molecule has 0 aromatic heterocycles. The highest BCUT2D eigenvalue weighted by atomic mass is 16.5. The smallest absolute Gasteiger partial charge is 0.245 e. The fourth-order valence-electron chi connectivity index (χ4n) is 2.99. The lowest BCUT2D eigenvalue weighted by atomic mass is 9.91. The summed E-state index contributed by atoms with van der Waals surface area (Å²) < 4.78 is 5.38. The molecule has 2 fully saturated rings. The van der Waals surface area contributed by atoms with Crippen molar-refractivity contribution in [3.05, 3.63) is 0 Å². The first-order valence-corrected chi connectivity index (χ1v) is 7.31. The van der Waals surface area contributed by atoms with Crippen molar-refractivity contribution in [3.63, 3.8) is 0 Å². The summed E-state index contributed by atoms with van der Waals surface area (Å²) in [5, 5.41) is 2.81. The van der Waals surface area contributed by atoms with Gasteiger partial charge in [0.1, 0.15) is 6.04 Å². The van der Waals surface area contributed by atoms with E-state index in [1.165, 1.54) is 0 Å². The summed E-state index contributed by atoms with van der Waals surface area (Å²) in [6.07, 6.45) is 3.07. The van der Waals surface area contributed by atoms with E-state index in [9.17, 15) is 9.59 Å². The van der Waals surface area contributed by atoms with E-state index < -0.39 is 0 Å². The zero-order chi connectivity index (χ0) is 13.8. The molecule has 2 rings (SSSR count). The van der Waals surface area contributed by atoms with E-state index in [1.807, 2.05) is 11.8 Å². The molecule has 2 aliphatic heterocycles. The van der Waals surface area contributed by atoms with E-state index in [2.05, 4.69) is 12.2 Å². The predicted molar refractivity (Wildman–Crippen MR) is 71.6 cm³/mol. The summed E-state index contributed by atoms with van der Waals surface area (Å²) in [6.45, 7) is 6.15. The number of hydrogen-bond donors (Lipinski definition) is 1. The minimum atomic E-state index is -0.350. The minimum Gasteiger partial charge on any atom is -0.381 e. The Bertz CT molecular complexity index is 340. The van der Waals surface area contributed by atoms with Crippen molar-refractivity contribution in [2.75, 3.05) is 19.8 Å². The molecule has 2 amide bonds. The van der Waals surface area contributed by atoms with Gasteiger partial charge >= 0.3 is 0 Å². The fraction of sp³-hybridized carbons (Fsp3) is 0.857. The highest BCUT2D eigenvalue weighted by molar-refractivity contribution is 5.90. The molecule has 0 aromatic rings. The van der Waals surface area contributed by atoms with Crippen molar-refractivity contribution < 1.29 is 14.3 Å². The molecule has 5 nitrogen and oxygen atoms in total. The number of carbonyl (C=O) groups excluding carboxylic acids is 2. The third-order valence-corrected chi connectivity index (χ3v) is 4.34. The van der Waals surface area contributed by atoms with Gasteiger partial charge in [0.2, 0.25) is 11.8 Å². The summed E-state index contributed by atoms with van der Waals surface area (Å²) in [4.78, 5) is 26.0. The third kappa shape index (κ3) is 3.26. The molecule has 1 N–H and O–H groups in total. The van der Waals surface area contributed by atoms with Crippen molar-refractivity contribution >= 4 is 11.8 Å². The van der Waals surface area contributed by atoms with Crippen molar-refractivity contribution in [1.82, 2.24) is 10.2 Å². The van der Waals surface area contributed by atoms with Gasteiger partial charge in [-0.25, -0.2) is 0 Å². The second-order valence-corrected chi connectivity index (χ2v) is 5.50. The zero-order valence-corrected chi connectivity index (χ0v) is 11.9. The molecule has 108 valence electrons. The molecule has 0 saturated carbocycles. The van der Waals surface area contributed by atoms with Gasteiger partial charge in [-0.2, -0.15) is 0 Å². The Morgan fingerprint density at radius 3 is 2.68 bits per heavy atom. The predicted octanol–water partition coefficient (Wildman–Crippen LogP) is 0.929. The number of ether oxygens (including phenoxy) is 1. The Kier molecular flexibility index (Phi) is 4.80. The molecule has 2 heterocycles. The molecule has 2 aliphatic rings. The third-order valence-electron chi connectivity index (χ3n) is 4.34. The van der Waals surface area contributed by atoms with Gasteiger partial charge in [-0.05, 0) is 32.1 Å². The van der Waals surface area contributed by atoms with Crippen LogP contribution in [0.25, 0.3) is 0 Å². The van der Waals surface area contributed by atoms with Gasteiger partial charge in [0, 0.05) is 32.2 Å². The molecule has 0 spiro atoms. The number of carbonyl (C=O) groups is 2. The van der Waals surface area contributed by atoms with Gasteiger partial charge in [-0.3, -0.25) is 9.59 Å². The van der Waals surface area contributed by atoms with Crippen molar-refractivity contribution in [1.29, 1.82) is 0 Å². The molecule has 2 atom stereocenters. The summed E-state index contributed by atoms with van der Waals surface area (Å²) in [5.41, 5.74) is 0. The monoisotopic (exact) mass is 268 g/mol. The van der Waals surface area contributed by atoms with Crippen LogP contribution >= 0.6 is 0 Å². The van der Waals surface area contributed by atoms with Crippen LogP contribution in [0.4, 0.5) is 0 Å². The number of nitrogens with zero attached hydrogens (tertiary/aromatic N) is 1. The summed E-state index contributed by atoms with van der Waals surface area (Å²) in [5.74, 6) is 0.553. The molecule has 2 unspecified atom stereocenters. The van der Waals surface area contributed by atoms with Crippen LogP contribution < -0.4 is 5.32 Å². The second kappa shape index (κ2) is 6.37. The number of nitrogens with one attached hydrogen (secondary N) is 1. The summed E-state index contributed by atoms with van der Waals surface area (Å²) >= 11 is 0. The molecular weight excluding hydrogens is 244 g/mol. The average Bonchev–Trinajstić information content (AvgIpc) is 2.58. The molecular formula is C14H24N2O3. The maximum atomic E-state index is 12.5. The van der Waals surface area contributed by atoms with Gasteiger partial charge in [0.05, 0.1) is 0 Å². The molecule has 0 aliphatic carbocycles. The van der Waals surface area contributed by atoms with Crippen LogP contribution in [0.1, 0.15) is 39.5 Å². The Morgan fingerprint density at radius 2 is 2.05 bits per heavy atom. The van der Waals surface area contributed by atoms with Crippen LogP contribution in [0.3, 0.4) is 0 Å². The molecule has 0 radical (unpaired) electrons. The van der Waals surface area contributed by atoms with Crippen LogP contribution in [-0.4, -0.2) is 48.6 Å². The van der Waals surface area contributed by atoms with Gasteiger partial charge in [0.25, 0.3) is 0 Å². The molecule has 19 heavy (non-hydrogen) atoms.